The van der Waals surface area contributed by atoms with Crippen LogP contribution in [0.15, 0.2) is 121 Å². The van der Waals surface area contributed by atoms with Gasteiger partial charge in [-0.3, -0.25) is 57.5 Å². The Kier molecular flexibility index (Phi) is 34.7. The number of benzene rings is 4. The van der Waals surface area contributed by atoms with Gasteiger partial charge in [-0.15, -0.1) is 0 Å². The van der Waals surface area contributed by atoms with Crippen LogP contribution in [-0.2, 0) is 176 Å². The lowest BCUT2D eigenvalue weighted by molar-refractivity contribution is -0.385. The molecule has 5 heterocycles. The third-order valence-corrected chi connectivity index (χ3v) is 18.5. The van der Waals surface area contributed by atoms with E-state index >= 15 is 0 Å². The zero-order chi connectivity index (χ0) is 90.3. The second-order valence-electron chi connectivity index (χ2n) is 28.1. The smallest absolute Gasteiger partial charge is 0.338 e. The molecule has 0 saturated carbocycles. The van der Waals surface area contributed by atoms with Crippen LogP contribution in [-0.4, -0.2) is 287 Å². The fraction of sp³-hybridized carbons (Fsp3) is 0.512. The molecule has 0 bridgehead atoms. The van der Waals surface area contributed by atoms with Crippen molar-refractivity contribution in [2.75, 3.05) is 33.0 Å². The van der Waals surface area contributed by atoms with Crippen molar-refractivity contribution in [2.45, 2.75) is 237 Å². The van der Waals surface area contributed by atoms with Crippen molar-refractivity contribution < 1.29 is 200 Å². The summed E-state index contributed by atoms with van der Waals surface area (Å²) in [7, 11) is 0. The molecule has 0 aliphatic carbocycles. The van der Waals surface area contributed by atoms with Gasteiger partial charge in [0.1, 0.15) is 62.5 Å². The highest BCUT2D eigenvalue weighted by Gasteiger charge is 2.62. The Bertz CT molecular complexity index is 4410. The summed E-state index contributed by atoms with van der Waals surface area (Å²) in [6.07, 6.45) is -53.1. The number of aliphatic hydroxyl groups is 1. The number of carbonyl (C=O) groups is 16. The molecular formula is C82H92O42. The highest BCUT2D eigenvalue weighted by molar-refractivity contribution is 5.92. The minimum atomic E-state index is -2.54. The Morgan fingerprint density at radius 3 is 0.782 bits per heavy atom. The van der Waals surface area contributed by atoms with Crippen molar-refractivity contribution in [3.63, 3.8) is 0 Å². The van der Waals surface area contributed by atoms with Crippen molar-refractivity contribution in [3.05, 3.63) is 144 Å². The van der Waals surface area contributed by atoms with Gasteiger partial charge in [-0.25, -0.2) is 19.2 Å². The maximum atomic E-state index is 14.7. The predicted molar refractivity (Wildman–Crippen MR) is 400 cm³/mol. The molecule has 5 aliphatic heterocycles. The first-order valence-electron chi connectivity index (χ1n) is 38.4. The van der Waals surface area contributed by atoms with Crippen LogP contribution in [0.2, 0.25) is 0 Å². The molecule has 5 fully saturated rings. The average molecular weight is 1750 g/mol. The quantitative estimate of drug-likeness (QED) is 0.0528. The summed E-state index contributed by atoms with van der Waals surface area (Å²) in [5.41, 5.74) is -0.299. The Morgan fingerprint density at radius 1 is 0.226 bits per heavy atom. The first-order chi connectivity index (χ1) is 58.9. The van der Waals surface area contributed by atoms with Crippen LogP contribution in [0.3, 0.4) is 0 Å². The van der Waals surface area contributed by atoms with Gasteiger partial charge in [0.2, 0.25) is 0 Å². The van der Waals surface area contributed by atoms with E-state index in [1.807, 2.05) is 0 Å². The zero-order valence-electron chi connectivity index (χ0n) is 68.7. The van der Waals surface area contributed by atoms with Gasteiger partial charge in [-0.05, 0) is 48.5 Å². The molecule has 672 valence electrons. The van der Waals surface area contributed by atoms with Gasteiger partial charge < -0.3 is 124 Å². The van der Waals surface area contributed by atoms with Gasteiger partial charge >= 0.3 is 95.5 Å². The Labute approximate surface area is 706 Å². The van der Waals surface area contributed by atoms with E-state index in [2.05, 4.69) is 0 Å². The second-order valence-corrected chi connectivity index (χ2v) is 28.1. The molecule has 124 heavy (non-hydrogen) atoms. The van der Waals surface area contributed by atoms with Crippen LogP contribution < -0.4 is 0 Å². The lowest BCUT2D eigenvalue weighted by atomic mass is 9.95. The predicted octanol–water partition coefficient (Wildman–Crippen LogP) is 2.38. The van der Waals surface area contributed by atoms with Crippen LogP contribution in [0.4, 0.5) is 0 Å². The minimum absolute atomic E-state index is 0.0125. The topological polar surface area (TPSA) is 524 Å². The van der Waals surface area contributed by atoms with E-state index in [4.69, 9.17) is 118 Å². The molecule has 5 aliphatic rings. The van der Waals surface area contributed by atoms with E-state index in [1.165, 1.54) is 97.1 Å². The lowest BCUT2D eigenvalue weighted by Gasteiger charge is -2.50. The second kappa shape index (κ2) is 44.9. The SMILES string of the molecule is CC(=O)OC[C@@H]1O[C@@H](OC[C@H]2O[C@H](O[C@H]3[C@@H](OC(C)=O)[C@H](O)O[C@H](CO[C@@H]4O[C@@H](COC(=O)c5ccccc5)[C@H](OC(=O)c5ccccc5)[C@H](OC(=O)c5ccccc5)[C@@H]4OC(=O)c4ccccc4)[C@H]3OC(C)=O)[C@H](OC(C)=O)[C@@H](O[C@@H]3O[C@@H](COC(C)=O)[C@H](OC(C)=O)[C@H](OC(C)=O)[C@@H]3OC(C)=O)[C@H]2OC(C)=O)[C@@H](OC(C)=O)[C@@H](OC(C)=O)[C@H]1OC(C)=O. The van der Waals surface area contributed by atoms with Gasteiger partial charge in [-0.1, -0.05) is 72.8 Å². The largest absolute Gasteiger partial charge is 0.463 e. The molecule has 4 aromatic carbocycles. The van der Waals surface area contributed by atoms with Crippen LogP contribution in [0.1, 0.15) is 125 Å². The van der Waals surface area contributed by atoms with Crippen molar-refractivity contribution >= 4 is 95.5 Å². The molecule has 9 rings (SSSR count). The summed E-state index contributed by atoms with van der Waals surface area (Å²) >= 11 is 0. The molecule has 1 N–H and O–H groups in total. The summed E-state index contributed by atoms with van der Waals surface area (Å²) in [6, 6.07) is 29.3. The Hall–Kier alpha value is -12.0. The minimum Gasteiger partial charge on any atom is -0.463 e. The fourth-order valence-corrected chi connectivity index (χ4v) is 13.7. The van der Waals surface area contributed by atoms with Crippen molar-refractivity contribution in [1.82, 2.24) is 0 Å². The molecule has 0 radical (unpaired) electrons. The lowest BCUT2D eigenvalue weighted by Crippen LogP contribution is -2.69. The molecule has 42 nitrogen and oxygen atoms in total. The highest BCUT2D eigenvalue weighted by Crippen LogP contribution is 2.41. The molecule has 5 saturated heterocycles. The van der Waals surface area contributed by atoms with Crippen LogP contribution in [0.5, 0.6) is 0 Å². The third kappa shape index (κ3) is 26.8. The Morgan fingerprint density at radius 2 is 0.444 bits per heavy atom. The number of rotatable bonds is 33. The van der Waals surface area contributed by atoms with E-state index in [0.29, 0.717) is 0 Å². The highest BCUT2D eigenvalue weighted by atomic mass is 16.8. The molecule has 0 unspecified atom stereocenters. The van der Waals surface area contributed by atoms with Gasteiger partial charge in [-0.2, -0.15) is 0 Å². The number of esters is 16. The first-order valence-corrected chi connectivity index (χ1v) is 38.4. The first kappa shape index (κ1) is 95.8. The van der Waals surface area contributed by atoms with E-state index in [0.717, 1.165) is 83.1 Å². The summed E-state index contributed by atoms with van der Waals surface area (Å²) in [6.45, 7) is 5.87. The number of aliphatic hydroxyl groups excluding tert-OH is 1. The third-order valence-electron chi connectivity index (χ3n) is 18.5. The maximum Gasteiger partial charge on any atom is 0.338 e. The van der Waals surface area contributed by atoms with E-state index in [9.17, 15) is 81.8 Å². The normalized spacial score (nSPS) is 29.4. The maximum absolute atomic E-state index is 14.7. The van der Waals surface area contributed by atoms with Crippen molar-refractivity contribution in [3.8, 4) is 0 Å². The summed E-state index contributed by atoms with van der Waals surface area (Å²) in [5, 5.41) is 12.4. The molecular weight excluding hydrogens is 1660 g/mol. The Balaban J connectivity index is 1.21. The zero-order valence-corrected chi connectivity index (χ0v) is 68.7. The average Bonchev–Trinajstić information content (AvgIpc) is 0.760. The van der Waals surface area contributed by atoms with Gasteiger partial charge in [0.15, 0.2) is 111 Å². The van der Waals surface area contributed by atoms with Crippen molar-refractivity contribution in [1.29, 1.82) is 0 Å². The van der Waals surface area contributed by atoms with Gasteiger partial charge in [0.25, 0.3) is 0 Å². The number of hydrogen-bond acceptors (Lipinski definition) is 42. The molecule has 42 heteroatoms. The summed E-state index contributed by atoms with van der Waals surface area (Å²) in [4.78, 5) is 217. The van der Waals surface area contributed by atoms with Crippen LogP contribution in [0.25, 0.3) is 0 Å². The van der Waals surface area contributed by atoms with Gasteiger partial charge in [0.05, 0.1) is 35.5 Å². The molecule has 0 amide bonds. The summed E-state index contributed by atoms with van der Waals surface area (Å²) in [5.74, 6) is -17.9. The van der Waals surface area contributed by atoms with Crippen LogP contribution >= 0.6 is 0 Å². The number of carbonyl (C=O) groups excluding carboxylic acids is 16. The fourth-order valence-electron chi connectivity index (χ4n) is 13.7. The van der Waals surface area contributed by atoms with Crippen LogP contribution in [0, 0.1) is 0 Å². The van der Waals surface area contributed by atoms with E-state index < -0.39 is 282 Å². The molecule has 0 aromatic heterocycles. The molecule has 25 atom stereocenters. The van der Waals surface area contributed by atoms with Gasteiger partial charge in [0, 0.05) is 83.1 Å². The number of ether oxygens (including phenoxy) is 25. The number of hydrogen-bond donors (Lipinski definition) is 1. The summed E-state index contributed by atoms with van der Waals surface area (Å²) < 4.78 is 151. The van der Waals surface area contributed by atoms with Crippen molar-refractivity contribution in [2.24, 2.45) is 0 Å². The molecule has 4 aromatic rings. The standard InChI is InChI=1S/C82H92O42/c1-38(83)100-33-55-60(106-41(4)86)65(109-44(7)89)70(112-47(10)92)79(116-55)104-37-58-62(108-43(6)88)68(124-81-72(113-48(11)93)66(110-45(8)90)61(107-42(5)87)56(118-81)34-101-39(2)84)73(114-49(12)94)82(119-58)123-64-59(105-40(3)85)54(115-78(99)69(64)111-46(9)91)36-103-80-71(122-77(98)53-31-23-16-24-32-53)67(121-76(97)52-29-21-15-22-30-52)63(120-75(96)51-27-19-14-20-28-51)57(117-80)35-102-74(95)50-25-17-13-18-26-50/h13-32,54-73,78-82,99H,33-37H2,1-12H3/t54-,55+,56+,57+,58-,59-,60+,61+,62+,63+,64-,65+,66+,67+,68+,69-,70+,71+,72+,73-,78-,79-,80-,81+,82-/m1/s1. The molecule has 0 spiro atoms. The van der Waals surface area contributed by atoms with E-state index in [-0.39, 0.29) is 22.3 Å². The van der Waals surface area contributed by atoms with E-state index in [1.54, 1.807) is 24.3 Å². The monoisotopic (exact) mass is 1750 g/mol.